The molecule has 0 aromatic heterocycles. The minimum absolute atomic E-state index is 0.126. The van der Waals surface area contributed by atoms with E-state index in [9.17, 15) is 19.2 Å². The maximum absolute atomic E-state index is 13.5. The highest BCUT2D eigenvalue weighted by Crippen LogP contribution is 2.39. The molecular weight excluding hydrogens is 444 g/mol. The Hall–Kier alpha value is -4.00. The Bertz CT molecular complexity index is 1290. The quantitative estimate of drug-likeness (QED) is 0.411. The number of hydrogen-bond acceptors (Lipinski definition) is 5. The maximum atomic E-state index is 13.5. The Morgan fingerprint density at radius 3 is 2.29 bits per heavy atom. The number of carbonyl (C=O) groups is 4. The number of hydrogen-bond donors (Lipinski definition) is 1. The first kappa shape index (κ1) is 22.8. The first-order valence-electron chi connectivity index (χ1n) is 12.0. The summed E-state index contributed by atoms with van der Waals surface area (Å²) in [5, 5.41) is 3.57. The summed E-state index contributed by atoms with van der Waals surface area (Å²) in [5.41, 5.74) is 2.03. The van der Waals surface area contributed by atoms with E-state index < -0.39 is 0 Å². The molecule has 1 saturated carbocycles. The molecular formula is C28H26N2O5. The second-order valence-corrected chi connectivity index (χ2v) is 9.00. The van der Waals surface area contributed by atoms with Crippen LogP contribution in [0.25, 0.3) is 10.8 Å². The molecule has 3 aromatic rings. The van der Waals surface area contributed by atoms with Crippen LogP contribution in [-0.4, -0.2) is 41.7 Å². The van der Waals surface area contributed by atoms with Crippen LogP contribution in [0.4, 0.5) is 0 Å². The van der Waals surface area contributed by atoms with E-state index in [1.54, 1.807) is 18.2 Å². The van der Waals surface area contributed by atoms with Crippen LogP contribution in [-0.2, 0) is 11.2 Å². The lowest BCUT2D eigenvalue weighted by Gasteiger charge is -2.36. The normalized spacial score (nSPS) is 15.8. The lowest BCUT2D eigenvalue weighted by molar-refractivity contribution is -0.120. The number of rotatable bonds is 7. The van der Waals surface area contributed by atoms with Crippen molar-refractivity contribution in [3.8, 4) is 5.75 Å². The van der Waals surface area contributed by atoms with Crippen molar-refractivity contribution in [1.29, 1.82) is 0 Å². The maximum Gasteiger partial charge on any atom is 0.298 e. The van der Waals surface area contributed by atoms with E-state index in [0.29, 0.717) is 34.9 Å². The highest BCUT2D eigenvalue weighted by Gasteiger charge is 2.39. The fourth-order valence-electron chi connectivity index (χ4n) is 5.24. The third kappa shape index (κ3) is 4.18. The van der Waals surface area contributed by atoms with E-state index in [4.69, 9.17) is 4.74 Å². The van der Waals surface area contributed by atoms with Gasteiger partial charge in [-0.2, -0.15) is 0 Å². The molecule has 1 aliphatic carbocycles. The third-order valence-electron chi connectivity index (χ3n) is 6.92. The van der Waals surface area contributed by atoms with Crippen LogP contribution in [0.15, 0.2) is 54.6 Å². The molecule has 1 fully saturated rings. The van der Waals surface area contributed by atoms with Gasteiger partial charge < -0.3 is 10.1 Å². The van der Waals surface area contributed by atoms with Gasteiger partial charge in [0.15, 0.2) is 0 Å². The predicted octanol–water partition coefficient (Wildman–Crippen LogP) is 4.28. The van der Waals surface area contributed by atoms with Crippen molar-refractivity contribution in [1.82, 2.24) is 10.2 Å². The number of nitrogens with one attached hydrogen (secondary N) is 1. The van der Waals surface area contributed by atoms with E-state index >= 15 is 0 Å². The van der Waals surface area contributed by atoms with Gasteiger partial charge >= 0.3 is 0 Å². The SMILES string of the molecule is O=COc1ccc2c3c(ccc(C(=O)NCCc4ccccc4)c13)C(=O)N(C1CCCCC1)C2=O. The molecule has 3 amide bonds. The molecule has 7 heteroatoms. The van der Waals surface area contributed by atoms with E-state index in [2.05, 4.69) is 5.32 Å². The molecule has 7 nitrogen and oxygen atoms in total. The topological polar surface area (TPSA) is 92.8 Å². The highest BCUT2D eigenvalue weighted by atomic mass is 16.5. The van der Waals surface area contributed by atoms with E-state index in [1.165, 1.54) is 11.0 Å². The smallest absolute Gasteiger partial charge is 0.298 e. The van der Waals surface area contributed by atoms with Crippen molar-refractivity contribution in [2.45, 2.75) is 44.6 Å². The summed E-state index contributed by atoms with van der Waals surface area (Å²) in [6.45, 7) is 0.685. The second kappa shape index (κ2) is 9.70. The van der Waals surface area contributed by atoms with Crippen LogP contribution in [0.2, 0.25) is 0 Å². The van der Waals surface area contributed by atoms with E-state index in [0.717, 1.165) is 37.7 Å². The van der Waals surface area contributed by atoms with Gasteiger partial charge in [-0.3, -0.25) is 24.1 Å². The molecule has 178 valence electrons. The molecule has 1 heterocycles. The van der Waals surface area contributed by atoms with Crippen molar-refractivity contribution < 1.29 is 23.9 Å². The lowest BCUT2D eigenvalue weighted by Crippen LogP contribution is -2.47. The van der Waals surface area contributed by atoms with Crippen LogP contribution in [0.3, 0.4) is 0 Å². The molecule has 0 spiro atoms. The minimum Gasteiger partial charge on any atom is -0.428 e. The largest absolute Gasteiger partial charge is 0.428 e. The number of amides is 3. The van der Waals surface area contributed by atoms with Crippen LogP contribution < -0.4 is 10.1 Å². The van der Waals surface area contributed by atoms with E-state index in [-0.39, 0.29) is 41.5 Å². The standard InChI is InChI=1S/C28H26N2O5/c31-17-35-23-14-13-22-24-21(27(33)30(28(22)34)19-9-5-2-6-10-19)12-11-20(25(23)24)26(32)29-16-15-18-7-3-1-4-8-18/h1,3-4,7-8,11-14,17,19H,2,5-6,9-10,15-16H2,(H,29,32). The second-order valence-electron chi connectivity index (χ2n) is 9.00. The van der Waals surface area contributed by atoms with E-state index in [1.807, 2.05) is 30.3 Å². The number of carbonyl (C=O) groups excluding carboxylic acids is 4. The van der Waals surface area contributed by atoms with Gasteiger partial charge in [0.1, 0.15) is 5.75 Å². The molecule has 3 aromatic carbocycles. The van der Waals surface area contributed by atoms with Crippen LogP contribution in [0.5, 0.6) is 5.75 Å². The van der Waals surface area contributed by atoms with Crippen LogP contribution in [0, 0.1) is 0 Å². The Labute approximate surface area is 203 Å². The Kier molecular flexibility index (Phi) is 6.31. The number of imide groups is 1. The van der Waals surface area contributed by atoms with Gasteiger partial charge in [-0.05, 0) is 49.1 Å². The molecule has 1 N–H and O–H groups in total. The molecule has 2 aliphatic rings. The van der Waals surface area contributed by atoms with Gasteiger partial charge in [0.05, 0.1) is 5.56 Å². The third-order valence-corrected chi connectivity index (χ3v) is 6.92. The van der Waals surface area contributed by atoms with Gasteiger partial charge in [-0.25, -0.2) is 0 Å². The summed E-state index contributed by atoms with van der Waals surface area (Å²) in [6, 6.07) is 15.9. The Morgan fingerprint density at radius 1 is 0.914 bits per heavy atom. The first-order chi connectivity index (χ1) is 17.1. The summed E-state index contributed by atoms with van der Waals surface area (Å²) in [4.78, 5) is 52.7. The number of ether oxygens (including phenoxy) is 1. The zero-order valence-corrected chi connectivity index (χ0v) is 19.3. The van der Waals surface area contributed by atoms with Gasteiger partial charge in [0.25, 0.3) is 24.2 Å². The molecule has 0 bridgehead atoms. The summed E-state index contributed by atoms with van der Waals surface area (Å²) < 4.78 is 5.18. The van der Waals surface area contributed by atoms with Crippen LogP contribution in [0.1, 0.15) is 68.7 Å². The molecule has 5 rings (SSSR count). The predicted molar refractivity (Wildman–Crippen MR) is 130 cm³/mol. The van der Waals surface area contributed by atoms with Crippen molar-refractivity contribution in [3.05, 3.63) is 76.9 Å². The molecule has 35 heavy (non-hydrogen) atoms. The van der Waals surface area contributed by atoms with Crippen molar-refractivity contribution in [2.75, 3.05) is 6.54 Å². The van der Waals surface area contributed by atoms with Crippen molar-refractivity contribution in [2.24, 2.45) is 0 Å². The lowest BCUT2D eigenvalue weighted by atomic mass is 9.87. The molecule has 0 radical (unpaired) electrons. The minimum atomic E-state index is -0.366. The summed E-state index contributed by atoms with van der Waals surface area (Å²) >= 11 is 0. The average molecular weight is 471 g/mol. The Balaban J connectivity index is 1.53. The first-order valence-corrected chi connectivity index (χ1v) is 12.0. The van der Waals surface area contributed by atoms with Gasteiger partial charge in [-0.1, -0.05) is 49.6 Å². The summed E-state index contributed by atoms with van der Waals surface area (Å²) in [5.74, 6) is -0.951. The monoisotopic (exact) mass is 470 g/mol. The fraction of sp³-hybridized carbons (Fsp3) is 0.286. The zero-order chi connectivity index (χ0) is 24.4. The number of nitrogens with zero attached hydrogens (tertiary/aromatic N) is 1. The molecule has 0 saturated heterocycles. The van der Waals surface area contributed by atoms with Crippen LogP contribution >= 0.6 is 0 Å². The fourth-order valence-corrected chi connectivity index (χ4v) is 5.24. The molecule has 1 aliphatic heterocycles. The average Bonchev–Trinajstić information content (AvgIpc) is 2.89. The van der Waals surface area contributed by atoms with Crippen molar-refractivity contribution >= 4 is 35.0 Å². The molecule has 0 unspecified atom stereocenters. The number of benzene rings is 3. The van der Waals surface area contributed by atoms with Gasteiger partial charge in [0, 0.05) is 34.5 Å². The van der Waals surface area contributed by atoms with Gasteiger partial charge in [-0.15, -0.1) is 0 Å². The molecule has 0 atom stereocenters. The van der Waals surface area contributed by atoms with Gasteiger partial charge in [0.2, 0.25) is 0 Å². The Morgan fingerprint density at radius 2 is 1.60 bits per heavy atom. The summed E-state index contributed by atoms with van der Waals surface area (Å²) in [6.07, 6.45) is 5.32. The summed E-state index contributed by atoms with van der Waals surface area (Å²) in [7, 11) is 0. The zero-order valence-electron chi connectivity index (χ0n) is 19.3. The highest BCUT2D eigenvalue weighted by molar-refractivity contribution is 6.28. The van der Waals surface area contributed by atoms with Crippen molar-refractivity contribution in [3.63, 3.8) is 0 Å².